The average molecular weight is 191 g/mol. The molecule has 1 aromatic carbocycles. The average Bonchev–Trinajstić information content (AvgIpc) is 2.57. The van der Waals surface area contributed by atoms with Crippen molar-refractivity contribution < 1.29 is 8.81 Å². The zero-order chi connectivity index (χ0) is 10.1. The molecule has 2 N–H and O–H groups in total. The van der Waals surface area contributed by atoms with Crippen molar-refractivity contribution in [3.05, 3.63) is 41.9 Å². The number of hydrogen-bond acceptors (Lipinski definition) is 2. The van der Waals surface area contributed by atoms with E-state index in [0.717, 1.165) is 11.3 Å². The number of benzene rings is 1. The second-order valence-corrected chi connectivity index (χ2v) is 3.15. The Balaban J connectivity index is 2.47. The van der Waals surface area contributed by atoms with Crippen LogP contribution in [0.15, 0.2) is 34.7 Å². The maximum atomic E-state index is 12.9. The third-order valence-electron chi connectivity index (χ3n) is 2.02. The first-order valence-electron chi connectivity index (χ1n) is 4.28. The molecule has 0 atom stereocenters. The molecule has 0 fully saturated rings. The van der Waals surface area contributed by atoms with Gasteiger partial charge in [0.05, 0.1) is 5.69 Å². The molecule has 0 spiro atoms. The highest BCUT2D eigenvalue weighted by atomic mass is 19.1. The number of nitrogen functional groups attached to an aromatic ring is 1. The molecule has 3 heteroatoms. The Morgan fingerprint density at radius 3 is 2.57 bits per heavy atom. The maximum Gasteiger partial charge on any atom is 0.146 e. The number of aryl methyl sites for hydroxylation is 1. The van der Waals surface area contributed by atoms with E-state index in [1.54, 1.807) is 12.1 Å². The Bertz CT molecular complexity index is 462. The van der Waals surface area contributed by atoms with Gasteiger partial charge in [-0.25, -0.2) is 4.39 Å². The highest BCUT2D eigenvalue weighted by Crippen LogP contribution is 2.24. The Hall–Kier alpha value is -1.77. The van der Waals surface area contributed by atoms with Crippen molar-refractivity contribution in [2.75, 3.05) is 5.73 Å². The summed E-state index contributed by atoms with van der Waals surface area (Å²) in [5.41, 5.74) is 6.37. The summed E-state index contributed by atoms with van der Waals surface area (Å²) in [4.78, 5) is 0. The predicted octanol–water partition coefficient (Wildman–Crippen LogP) is 2.98. The number of halogens is 1. The highest BCUT2D eigenvalue weighted by molar-refractivity contribution is 5.63. The molecular weight excluding hydrogens is 181 g/mol. The van der Waals surface area contributed by atoms with Gasteiger partial charge in [-0.15, -0.1) is 0 Å². The smallest absolute Gasteiger partial charge is 0.146 e. The summed E-state index contributed by atoms with van der Waals surface area (Å²) in [7, 11) is 0. The predicted molar refractivity (Wildman–Crippen MR) is 53.3 cm³/mol. The summed E-state index contributed by atoms with van der Waals surface area (Å²) in [6.07, 6.45) is 0. The fraction of sp³-hybridized carbons (Fsp3) is 0.0909. The number of hydrogen-bond donors (Lipinski definition) is 1. The zero-order valence-corrected chi connectivity index (χ0v) is 7.75. The van der Waals surface area contributed by atoms with Crippen LogP contribution in [0.3, 0.4) is 0 Å². The van der Waals surface area contributed by atoms with E-state index < -0.39 is 5.82 Å². The van der Waals surface area contributed by atoms with Gasteiger partial charge in [-0.05, 0) is 37.3 Å². The van der Waals surface area contributed by atoms with Crippen LogP contribution in [-0.4, -0.2) is 0 Å². The van der Waals surface area contributed by atoms with Crippen LogP contribution in [0.4, 0.5) is 10.1 Å². The number of furan rings is 1. The van der Waals surface area contributed by atoms with Crippen molar-refractivity contribution in [2.45, 2.75) is 6.92 Å². The lowest BCUT2D eigenvalue weighted by molar-refractivity contribution is 0.548. The first-order valence-corrected chi connectivity index (χ1v) is 4.28. The molecule has 0 aliphatic rings. The first kappa shape index (κ1) is 8.81. The van der Waals surface area contributed by atoms with Gasteiger partial charge >= 0.3 is 0 Å². The van der Waals surface area contributed by atoms with Gasteiger partial charge in [0.1, 0.15) is 17.3 Å². The third kappa shape index (κ3) is 1.48. The molecule has 2 nitrogen and oxygen atoms in total. The topological polar surface area (TPSA) is 39.2 Å². The van der Waals surface area contributed by atoms with Crippen LogP contribution in [0.25, 0.3) is 11.3 Å². The molecule has 0 saturated carbocycles. The SMILES string of the molecule is Cc1ccc(-c2ccc(F)c(N)c2)o1. The molecule has 0 saturated heterocycles. The quantitative estimate of drug-likeness (QED) is 0.704. The molecule has 0 radical (unpaired) electrons. The van der Waals surface area contributed by atoms with Crippen molar-refractivity contribution in [3.8, 4) is 11.3 Å². The van der Waals surface area contributed by atoms with Crippen LogP contribution in [-0.2, 0) is 0 Å². The van der Waals surface area contributed by atoms with Crippen LogP contribution < -0.4 is 5.73 Å². The standard InChI is InChI=1S/C11H10FNO/c1-7-2-5-11(14-7)8-3-4-9(12)10(13)6-8/h2-6H,13H2,1H3. The number of anilines is 1. The minimum atomic E-state index is -0.406. The van der Waals surface area contributed by atoms with E-state index in [1.165, 1.54) is 6.07 Å². The summed E-state index contributed by atoms with van der Waals surface area (Å²) >= 11 is 0. The van der Waals surface area contributed by atoms with Gasteiger partial charge in [-0.3, -0.25) is 0 Å². The van der Waals surface area contributed by atoms with Gasteiger partial charge in [-0.2, -0.15) is 0 Å². The van der Waals surface area contributed by atoms with Crippen molar-refractivity contribution in [2.24, 2.45) is 0 Å². The van der Waals surface area contributed by atoms with Gasteiger partial charge in [-0.1, -0.05) is 0 Å². The zero-order valence-electron chi connectivity index (χ0n) is 7.75. The molecule has 0 bridgehead atoms. The van der Waals surface area contributed by atoms with Crippen LogP contribution >= 0.6 is 0 Å². The van der Waals surface area contributed by atoms with E-state index in [4.69, 9.17) is 10.2 Å². The molecule has 0 unspecified atom stereocenters. The summed E-state index contributed by atoms with van der Waals surface area (Å²) < 4.78 is 18.3. The largest absolute Gasteiger partial charge is 0.461 e. The molecule has 2 rings (SSSR count). The monoisotopic (exact) mass is 191 g/mol. The van der Waals surface area contributed by atoms with E-state index in [0.29, 0.717) is 5.76 Å². The lowest BCUT2D eigenvalue weighted by Gasteiger charge is -1.99. The minimum absolute atomic E-state index is 0.136. The van der Waals surface area contributed by atoms with Crippen molar-refractivity contribution in [1.82, 2.24) is 0 Å². The molecule has 14 heavy (non-hydrogen) atoms. The van der Waals surface area contributed by atoms with Crippen LogP contribution in [0.1, 0.15) is 5.76 Å². The Morgan fingerprint density at radius 2 is 2.00 bits per heavy atom. The normalized spacial score (nSPS) is 10.4. The Kier molecular flexibility index (Phi) is 2.00. The second kappa shape index (κ2) is 3.18. The molecule has 0 amide bonds. The van der Waals surface area contributed by atoms with E-state index in [1.807, 2.05) is 19.1 Å². The van der Waals surface area contributed by atoms with Gasteiger partial charge in [0.25, 0.3) is 0 Å². The molecule has 72 valence electrons. The third-order valence-corrected chi connectivity index (χ3v) is 2.02. The maximum absolute atomic E-state index is 12.9. The lowest BCUT2D eigenvalue weighted by Crippen LogP contribution is -1.90. The highest BCUT2D eigenvalue weighted by Gasteiger charge is 2.04. The van der Waals surface area contributed by atoms with Crippen molar-refractivity contribution in [1.29, 1.82) is 0 Å². The second-order valence-electron chi connectivity index (χ2n) is 3.15. The minimum Gasteiger partial charge on any atom is -0.461 e. The summed E-state index contributed by atoms with van der Waals surface area (Å²) in [5, 5.41) is 0. The van der Waals surface area contributed by atoms with Gasteiger partial charge < -0.3 is 10.2 Å². The van der Waals surface area contributed by atoms with Crippen LogP contribution in [0, 0.1) is 12.7 Å². The summed E-state index contributed by atoms with van der Waals surface area (Å²) in [6, 6.07) is 8.23. The first-order chi connectivity index (χ1) is 6.66. The molecule has 0 aliphatic heterocycles. The van der Waals surface area contributed by atoms with Crippen LogP contribution in [0.5, 0.6) is 0 Å². The van der Waals surface area contributed by atoms with Gasteiger partial charge in [0.15, 0.2) is 0 Å². The number of nitrogens with two attached hydrogens (primary N) is 1. The van der Waals surface area contributed by atoms with E-state index in [2.05, 4.69) is 0 Å². The van der Waals surface area contributed by atoms with Gasteiger partial charge in [0, 0.05) is 5.56 Å². The Labute approximate surface area is 81.2 Å². The van der Waals surface area contributed by atoms with Gasteiger partial charge in [0.2, 0.25) is 0 Å². The van der Waals surface area contributed by atoms with Crippen LogP contribution in [0.2, 0.25) is 0 Å². The van der Waals surface area contributed by atoms with Crippen molar-refractivity contribution >= 4 is 5.69 Å². The molecule has 0 aliphatic carbocycles. The van der Waals surface area contributed by atoms with E-state index >= 15 is 0 Å². The number of rotatable bonds is 1. The summed E-state index contributed by atoms with van der Waals surface area (Å²) in [5.74, 6) is 1.12. The molecule has 1 aromatic heterocycles. The van der Waals surface area contributed by atoms with Crippen molar-refractivity contribution in [3.63, 3.8) is 0 Å². The van der Waals surface area contributed by atoms with E-state index in [-0.39, 0.29) is 5.69 Å². The fourth-order valence-electron chi connectivity index (χ4n) is 1.29. The summed E-state index contributed by atoms with van der Waals surface area (Å²) in [6.45, 7) is 1.86. The lowest BCUT2D eigenvalue weighted by atomic mass is 10.1. The molecular formula is C11H10FNO. The Morgan fingerprint density at radius 1 is 1.21 bits per heavy atom. The molecule has 1 heterocycles. The molecule has 2 aromatic rings. The van der Waals surface area contributed by atoms with E-state index in [9.17, 15) is 4.39 Å². The fourth-order valence-corrected chi connectivity index (χ4v) is 1.29.